The molecule has 0 unspecified atom stereocenters. The molecule has 1 aliphatic carbocycles. The lowest BCUT2D eigenvalue weighted by Gasteiger charge is -2.19. The number of aryl methyl sites for hydroxylation is 1. The highest BCUT2D eigenvalue weighted by Crippen LogP contribution is 2.30. The van der Waals surface area contributed by atoms with Crippen molar-refractivity contribution in [2.75, 3.05) is 18.4 Å². The van der Waals surface area contributed by atoms with Crippen LogP contribution in [0.1, 0.15) is 37.4 Å². The number of amides is 1. The Bertz CT molecular complexity index is 451. The molecule has 106 valence electrons. The van der Waals surface area contributed by atoms with Crippen molar-refractivity contribution >= 4 is 24.3 Å². The van der Waals surface area contributed by atoms with Crippen molar-refractivity contribution in [2.24, 2.45) is 13.0 Å². The molecule has 1 aliphatic heterocycles. The quantitative estimate of drug-likeness (QED) is 0.871. The molecule has 1 saturated heterocycles. The summed E-state index contributed by atoms with van der Waals surface area (Å²) in [5, 5.41) is 10.6. The lowest BCUT2D eigenvalue weighted by atomic mass is 9.98. The molecular formula is C12H20ClN5O. The van der Waals surface area contributed by atoms with Gasteiger partial charge in [0, 0.05) is 18.9 Å². The van der Waals surface area contributed by atoms with E-state index in [1.807, 2.05) is 7.05 Å². The van der Waals surface area contributed by atoms with Gasteiger partial charge in [-0.1, -0.05) is 0 Å². The van der Waals surface area contributed by atoms with Gasteiger partial charge in [-0.25, -0.2) is 4.68 Å². The summed E-state index contributed by atoms with van der Waals surface area (Å²) in [4.78, 5) is 16.2. The van der Waals surface area contributed by atoms with E-state index in [0.29, 0.717) is 11.9 Å². The molecule has 3 rings (SSSR count). The molecule has 1 saturated carbocycles. The zero-order valence-electron chi connectivity index (χ0n) is 11.1. The van der Waals surface area contributed by atoms with Crippen LogP contribution in [0.4, 0.5) is 5.95 Å². The van der Waals surface area contributed by atoms with Crippen LogP contribution in [0.5, 0.6) is 0 Å². The molecule has 0 radical (unpaired) electrons. The zero-order valence-corrected chi connectivity index (χ0v) is 11.9. The van der Waals surface area contributed by atoms with Crippen LogP contribution in [-0.4, -0.2) is 33.8 Å². The van der Waals surface area contributed by atoms with Crippen LogP contribution in [0, 0.1) is 5.92 Å². The summed E-state index contributed by atoms with van der Waals surface area (Å²) in [6.07, 6.45) is 4.15. The third-order valence-electron chi connectivity index (χ3n) is 3.67. The summed E-state index contributed by atoms with van der Waals surface area (Å²) >= 11 is 0. The average molecular weight is 286 g/mol. The van der Waals surface area contributed by atoms with Gasteiger partial charge in [-0.15, -0.1) is 12.4 Å². The van der Waals surface area contributed by atoms with Crippen molar-refractivity contribution < 1.29 is 4.79 Å². The third kappa shape index (κ3) is 3.25. The smallest absolute Gasteiger partial charge is 0.229 e. The second-order valence-corrected chi connectivity index (χ2v) is 5.21. The number of carbonyl (C=O) groups excluding carboxylic acids is 1. The van der Waals surface area contributed by atoms with Gasteiger partial charge in [-0.05, 0) is 38.8 Å². The van der Waals surface area contributed by atoms with Gasteiger partial charge in [-0.2, -0.15) is 10.1 Å². The number of halogens is 1. The van der Waals surface area contributed by atoms with E-state index >= 15 is 0 Å². The van der Waals surface area contributed by atoms with Crippen LogP contribution in [0.15, 0.2) is 0 Å². The monoisotopic (exact) mass is 285 g/mol. The second-order valence-electron chi connectivity index (χ2n) is 5.21. The molecule has 6 nitrogen and oxygen atoms in total. The van der Waals surface area contributed by atoms with Gasteiger partial charge in [0.25, 0.3) is 0 Å². The molecule has 1 aromatic rings. The molecule has 0 bridgehead atoms. The Hall–Kier alpha value is -1.14. The summed E-state index contributed by atoms with van der Waals surface area (Å²) in [5.41, 5.74) is 0. The number of anilines is 1. The van der Waals surface area contributed by atoms with Crippen LogP contribution in [-0.2, 0) is 11.8 Å². The van der Waals surface area contributed by atoms with E-state index in [1.165, 1.54) is 0 Å². The number of carbonyl (C=O) groups is 1. The van der Waals surface area contributed by atoms with Gasteiger partial charge in [-0.3, -0.25) is 10.1 Å². The molecule has 2 heterocycles. The first-order valence-electron chi connectivity index (χ1n) is 6.66. The van der Waals surface area contributed by atoms with Crippen molar-refractivity contribution in [2.45, 2.75) is 31.6 Å². The fourth-order valence-electron chi connectivity index (χ4n) is 2.32. The third-order valence-corrected chi connectivity index (χ3v) is 3.67. The highest BCUT2D eigenvalue weighted by Gasteiger charge is 2.31. The molecule has 1 aromatic heterocycles. The van der Waals surface area contributed by atoms with Gasteiger partial charge >= 0.3 is 0 Å². The van der Waals surface area contributed by atoms with E-state index in [1.54, 1.807) is 4.68 Å². The second kappa shape index (κ2) is 5.88. The first-order valence-corrected chi connectivity index (χ1v) is 6.66. The minimum absolute atomic E-state index is 0. The summed E-state index contributed by atoms with van der Waals surface area (Å²) in [7, 11) is 1.83. The Morgan fingerprint density at radius 1 is 1.32 bits per heavy atom. The van der Waals surface area contributed by atoms with Gasteiger partial charge < -0.3 is 5.32 Å². The van der Waals surface area contributed by atoms with Gasteiger partial charge in [0.1, 0.15) is 0 Å². The van der Waals surface area contributed by atoms with Crippen LogP contribution >= 0.6 is 12.4 Å². The SMILES string of the molecule is Cl.Cn1nc(C2CCNCC2)nc1NC(=O)C1CC1. The minimum Gasteiger partial charge on any atom is -0.317 e. The van der Waals surface area contributed by atoms with Crippen LogP contribution in [0.3, 0.4) is 0 Å². The number of piperidine rings is 1. The maximum atomic E-state index is 11.7. The Morgan fingerprint density at radius 2 is 2.00 bits per heavy atom. The first kappa shape index (κ1) is 14.3. The molecule has 1 amide bonds. The van der Waals surface area contributed by atoms with Gasteiger partial charge in [0.15, 0.2) is 5.82 Å². The van der Waals surface area contributed by atoms with Crippen molar-refractivity contribution in [1.29, 1.82) is 0 Å². The van der Waals surface area contributed by atoms with E-state index < -0.39 is 0 Å². The van der Waals surface area contributed by atoms with E-state index in [9.17, 15) is 4.79 Å². The molecule has 7 heteroatoms. The molecule has 0 atom stereocenters. The maximum Gasteiger partial charge on any atom is 0.229 e. The minimum atomic E-state index is 0. The molecule has 2 fully saturated rings. The van der Waals surface area contributed by atoms with Crippen LogP contribution < -0.4 is 10.6 Å². The Kier molecular flexibility index (Phi) is 4.42. The molecule has 19 heavy (non-hydrogen) atoms. The lowest BCUT2D eigenvalue weighted by Crippen LogP contribution is -2.27. The lowest BCUT2D eigenvalue weighted by molar-refractivity contribution is -0.117. The number of aromatic nitrogens is 3. The Balaban J connectivity index is 0.00000133. The molecule has 2 N–H and O–H groups in total. The number of hydrogen-bond acceptors (Lipinski definition) is 4. The summed E-state index contributed by atoms with van der Waals surface area (Å²) in [5.74, 6) is 2.15. The fourth-order valence-corrected chi connectivity index (χ4v) is 2.32. The number of nitrogens with one attached hydrogen (secondary N) is 2. The summed E-state index contributed by atoms with van der Waals surface area (Å²) < 4.78 is 1.68. The standard InChI is InChI=1S/C12H19N5O.ClH/c1-17-12(15-11(18)9-2-3-9)14-10(16-17)8-4-6-13-7-5-8;/h8-9,13H,2-7H2,1H3,(H,14,15,16,18);1H. The molecule has 2 aliphatic rings. The Labute approximate surface area is 118 Å². The van der Waals surface area contributed by atoms with Crippen LogP contribution in [0.2, 0.25) is 0 Å². The largest absolute Gasteiger partial charge is 0.317 e. The highest BCUT2D eigenvalue weighted by atomic mass is 35.5. The fraction of sp³-hybridized carbons (Fsp3) is 0.750. The first-order chi connectivity index (χ1) is 8.74. The molecular weight excluding hydrogens is 266 g/mol. The maximum absolute atomic E-state index is 11.7. The predicted molar refractivity (Wildman–Crippen MR) is 74.4 cm³/mol. The van der Waals surface area contributed by atoms with E-state index in [2.05, 4.69) is 20.7 Å². The van der Waals surface area contributed by atoms with Gasteiger partial charge in [0.05, 0.1) is 0 Å². The van der Waals surface area contributed by atoms with Crippen molar-refractivity contribution in [3.8, 4) is 0 Å². The van der Waals surface area contributed by atoms with Crippen molar-refractivity contribution in [3.63, 3.8) is 0 Å². The number of nitrogens with zero attached hydrogens (tertiary/aromatic N) is 3. The van der Waals surface area contributed by atoms with Crippen molar-refractivity contribution in [3.05, 3.63) is 5.82 Å². The highest BCUT2D eigenvalue weighted by molar-refractivity contribution is 5.92. The van der Waals surface area contributed by atoms with Gasteiger partial charge in [0.2, 0.25) is 11.9 Å². The summed E-state index contributed by atoms with van der Waals surface area (Å²) in [6, 6.07) is 0. The average Bonchev–Trinajstić information content (AvgIpc) is 3.17. The van der Waals surface area contributed by atoms with E-state index in [-0.39, 0.29) is 24.2 Å². The molecule has 0 aromatic carbocycles. The van der Waals surface area contributed by atoms with Crippen LogP contribution in [0.25, 0.3) is 0 Å². The topological polar surface area (TPSA) is 71.8 Å². The van der Waals surface area contributed by atoms with E-state index in [4.69, 9.17) is 0 Å². The predicted octanol–water partition coefficient (Wildman–Crippen LogP) is 1.05. The Morgan fingerprint density at radius 3 is 2.63 bits per heavy atom. The number of rotatable bonds is 3. The normalized spacial score (nSPS) is 19.8. The van der Waals surface area contributed by atoms with E-state index in [0.717, 1.165) is 44.6 Å². The number of hydrogen-bond donors (Lipinski definition) is 2. The summed E-state index contributed by atoms with van der Waals surface area (Å²) in [6.45, 7) is 2.04. The molecule has 0 spiro atoms. The zero-order chi connectivity index (χ0) is 12.5. The van der Waals surface area contributed by atoms with Crippen molar-refractivity contribution in [1.82, 2.24) is 20.1 Å².